The minimum absolute atomic E-state index is 0.00629. The van der Waals surface area contributed by atoms with E-state index in [0.29, 0.717) is 19.3 Å². The molecule has 1 saturated carbocycles. The van der Waals surface area contributed by atoms with Crippen LogP contribution in [0.15, 0.2) is 30.3 Å². The van der Waals surface area contributed by atoms with E-state index in [1.165, 1.54) is 0 Å². The monoisotopic (exact) mass is 416 g/mol. The van der Waals surface area contributed by atoms with E-state index in [2.05, 4.69) is 5.32 Å². The Balaban J connectivity index is 1.68. The standard InChI is InChI=1S/C23H32N2O5/c1-3-30-23(29)18(13-12-16-8-5-4-6-9-16)24-15(2)21(26)25-19-11-7-10-17(19)14-20(25)22(27)28/h4-6,8-9,15,17-20,24H,3,7,10-14H2,1-2H3,(H,27,28)/t15?,17?,18-,19?,20-/m0/s1. The molecule has 1 amide bonds. The van der Waals surface area contributed by atoms with Crippen molar-refractivity contribution in [1.82, 2.24) is 10.2 Å². The number of nitrogens with zero attached hydrogens (tertiary/aromatic N) is 1. The number of nitrogens with one attached hydrogen (secondary N) is 1. The number of carboxylic acids is 1. The molecule has 0 bridgehead atoms. The number of aryl methyl sites for hydroxylation is 1. The minimum atomic E-state index is -0.948. The predicted octanol–water partition coefficient (Wildman–Crippen LogP) is 2.38. The summed E-state index contributed by atoms with van der Waals surface area (Å²) in [5, 5.41) is 12.8. The molecular weight excluding hydrogens is 384 g/mol. The first-order valence-corrected chi connectivity index (χ1v) is 10.9. The van der Waals surface area contributed by atoms with Crippen LogP contribution in [0.3, 0.4) is 0 Å². The maximum absolute atomic E-state index is 13.2. The lowest BCUT2D eigenvalue weighted by Gasteiger charge is -2.31. The zero-order valence-electron chi connectivity index (χ0n) is 17.8. The van der Waals surface area contributed by atoms with Crippen molar-refractivity contribution < 1.29 is 24.2 Å². The lowest BCUT2D eigenvalue weighted by molar-refractivity contribution is -0.151. The molecule has 1 saturated heterocycles. The molecule has 7 heteroatoms. The topological polar surface area (TPSA) is 95.9 Å². The molecule has 5 atom stereocenters. The number of esters is 1. The second-order valence-corrected chi connectivity index (χ2v) is 8.31. The van der Waals surface area contributed by atoms with Crippen molar-refractivity contribution in [1.29, 1.82) is 0 Å². The van der Waals surface area contributed by atoms with E-state index in [1.54, 1.807) is 18.7 Å². The average molecular weight is 417 g/mol. The van der Waals surface area contributed by atoms with E-state index < -0.39 is 24.1 Å². The Bertz CT molecular complexity index is 753. The Hall–Kier alpha value is -2.41. The van der Waals surface area contributed by atoms with Crippen LogP contribution in [0.25, 0.3) is 0 Å². The number of ether oxygens (including phenoxy) is 1. The third-order valence-electron chi connectivity index (χ3n) is 6.33. The molecule has 1 aliphatic heterocycles. The largest absolute Gasteiger partial charge is 0.480 e. The summed E-state index contributed by atoms with van der Waals surface area (Å²) in [6.07, 6.45) is 4.54. The molecule has 30 heavy (non-hydrogen) atoms. The summed E-state index contributed by atoms with van der Waals surface area (Å²) in [5.41, 5.74) is 1.10. The fourth-order valence-corrected chi connectivity index (χ4v) is 4.89. The van der Waals surface area contributed by atoms with Gasteiger partial charge in [-0.1, -0.05) is 36.8 Å². The number of aliphatic carboxylic acids is 1. The van der Waals surface area contributed by atoms with Crippen LogP contribution < -0.4 is 5.32 Å². The number of carboxylic acid groups (broad SMARTS) is 1. The molecule has 1 heterocycles. The molecule has 3 unspecified atom stereocenters. The molecule has 164 valence electrons. The number of amides is 1. The molecule has 1 aromatic carbocycles. The molecule has 0 aromatic heterocycles. The third-order valence-corrected chi connectivity index (χ3v) is 6.33. The summed E-state index contributed by atoms with van der Waals surface area (Å²) in [4.78, 5) is 39.1. The Morgan fingerprint density at radius 1 is 1.23 bits per heavy atom. The van der Waals surface area contributed by atoms with Gasteiger partial charge in [-0.15, -0.1) is 0 Å². The van der Waals surface area contributed by atoms with Gasteiger partial charge in [0, 0.05) is 6.04 Å². The highest BCUT2D eigenvalue weighted by atomic mass is 16.5. The fourth-order valence-electron chi connectivity index (χ4n) is 4.89. The molecule has 2 N–H and O–H groups in total. The van der Waals surface area contributed by atoms with Crippen LogP contribution in [0.1, 0.15) is 51.5 Å². The molecule has 7 nitrogen and oxygen atoms in total. The highest BCUT2D eigenvalue weighted by Crippen LogP contribution is 2.41. The number of fused-ring (bicyclic) bond motifs is 1. The first-order valence-electron chi connectivity index (χ1n) is 10.9. The highest BCUT2D eigenvalue weighted by Gasteiger charge is 2.49. The van der Waals surface area contributed by atoms with Crippen molar-refractivity contribution in [2.24, 2.45) is 5.92 Å². The maximum atomic E-state index is 13.2. The lowest BCUT2D eigenvalue weighted by atomic mass is 10.0. The van der Waals surface area contributed by atoms with Crippen LogP contribution in [0, 0.1) is 5.92 Å². The van der Waals surface area contributed by atoms with Gasteiger partial charge in [0.2, 0.25) is 5.91 Å². The van der Waals surface area contributed by atoms with E-state index in [0.717, 1.165) is 24.8 Å². The summed E-state index contributed by atoms with van der Waals surface area (Å²) in [7, 11) is 0. The van der Waals surface area contributed by atoms with Gasteiger partial charge >= 0.3 is 11.9 Å². The van der Waals surface area contributed by atoms with Crippen LogP contribution in [0.5, 0.6) is 0 Å². The van der Waals surface area contributed by atoms with Gasteiger partial charge in [0.15, 0.2) is 0 Å². The highest BCUT2D eigenvalue weighted by molar-refractivity contribution is 5.88. The lowest BCUT2D eigenvalue weighted by Crippen LogP contribution is -2.55. The normalized spacial score (nSPS) is 24.9. The molecule has 1 aromatic rings. The Morgan fingerprint density at radius 3 is 2.63 bits per heavy atom. The number of carbonyl (C=O) groups excluding carboxylic acids is 2. The Morgan fingerprint density at radius 2 is 1.97 bits per heavy atom. The van der Waals surface area contributed by atoms with Crippen molar-refractivity contribution in [3.8, 4) is 0 Å². The first-order chi connectivity index (χ1) is 14.4. The third kappa shape index (κ3) is 5.01. The van der Waals surface area contributed by atoms with Crippen molar-refractivity contribution in [2.75, 3.05) is 6.61 Å². The SMILES string of the molecule is CCOC(=O)[C@H](CCc1ccccc1)NC(C)C(=O)N1C2CCCC2C[C@H]1C(=O)O. The predicted molar refractivity (Wildman–Crippen MR) is 112 cm³/mol. The zero-order chi connectivity index (χ0) is 21.7. The number of hydrogen-bond donors (Lipinski definition) is 2. The van der Waals surface area contributed by atoms with Gasteiger partial charge in [0.25, 0.3) is 0 Å². The quantitative estimate of drug-likeness (QED) is 0.600. The van der Waals surface area contributed by atoms with Crippen molar-refractivity contribution in [3.05, 3.63) is 35.9 Å². The molecule has 0 spiro atoms. The average Bonchev–Trinajstić information content (AvgIpc) is 3.32. The van der Waals surface area contributed by atoms with Gasteiger partial charge in [0.1, 0.15) is 12.1 Å². The summed E-state index contributed by atoms with van der Waals surface area (Å²) in [6, 6.07) is 7.76. The van der Waals surface area contributed by atoms with Gasteiger partial charge in [-0.05, 0) is 57.4 Å². The maximum Gasteiger partial charge on any atom is 0.326 e. The van der Waals surface area contributed by atoms with Crippen LogP contribution in [-0.4, -0.2) is 58.6 Å². The van der Waals surface area contributed by atoms with Crippen molar-refractivity contribution >= 4 is 17.8 Å². The molecule has 1 aliphatic carbocycles. The van der Waals surface area contributed by atoms with E-state index in [-0.39, 0.29) is 30.4 Å². The molecule has 2 aliphatic rings. The van der Waals surface area contributed by atoms with Gasteiger partial charge in [-0.3, -0.25) is 14.9 Å². The van der Waals surface area contributed by atoms with Crippen LogP contribution in [-0.2, 0) is 25.5 Å². The van der Waals surface area contributed by atoms with Gasteiger partial charge in [-0.2, -0.15) is 0 Å². The second kappa shape index (κ2) is 10.1. The summed E-state index contributed by atoms with van der Waals surface area (Å²) in [5.74, 6) is -1.31. The van der Waals surface area contributed by atoms with Gasteiger partial charge in [0.05, 0.1) is 12.6 Å². The number of likely N-dealkylation sites (tertiary alicyclic amines) is 1. The zero-order valence-corrected chi connectivity index (χ0v) is 17.8. The summed E-state index contributed by atoms with van der Waals surface area (Å²) < 4.78 is 5.21. The number of benzene rings is 1. The van der Waals surface area contributed by atoms with Gasteiger partial charge in [-0.25, -0.2) is 4.79 Å². The van der Waals surface area contributed by atoms with E-state index in [1.807, 2.05) is 30.3 Å². The van der Waals surface area contributed by atoms with Crippen LogP contribution in [0.4, 0.5) is 0 Å². The smallest absolute Gasteiger partial charge is 0.326 e. The van der Waals surface area contributed by atoms with E-state index in [4.69, 9.17) is 4.74 Å². The van der Waals surface area contributed by atoms with Crippen LogP contribution in [0.2, 0.25) is 0 Å². The fraction of sp³-hybridized carbons (Fsp3) is 0.609. The number of hydrogen-bond acceptors (Lipinski definition) is 5. The van der Waals surface area contributed by atoms with E-state index >= 15 is 0 Å². The summed E-state index contributed by atoms with van der Waals surface area (Å²) >= 11 is 0. The Labute approximate surface area is 177 Å². The second-order valence-electron chi connectivity index (χ2n) is 8.31. The van der Waals surface area contributed by atoms with Crippen molar-refractivity contribution in [2.45, 2.75) is 76.5 Å². The van der Waals surface area contributed by atoms with Gasteiger partial charge < -0.3 is 14.7 Å². The summed E-state index contributed by atoms with van der Waals surface area (Å²) in [6.45, 7) is 3.72. The molecular formula is C23H32N2O5. The first kappa shape index (κ1) is 22.3. The van der Waals surface area contributed by atoms with Crippen LogP contribution >= 0.6 is 0 Å². The number of carbonyl (C=O) groups is 3. The minimum Gasteiger partial charge on any atom is -0.480 e. The Kier molecular flexibility index (Phi) is 7.48. The molecule has 0 radical (unpaired) electrons. The molecule has 2 fully saturated rings. The van der Waals surface area contributed by atoms with E-state index in [9.17, 15) is 19.5 Å². The number of rotatable bonds is 9. The van der Waals surface area contributed by atoms with Crippen molar-refractivity contribution in [3.63, 3.8) is 0 Å². The molecule has 3 rings (SSSR count).